The van der Waals surface area contributed by atoms with Crippen molar-refractivity contribution in [2.45, 2.75) is 36.9 Å². The van der Waals surface area contributed by atoms with Crippen molar-refractivity contribution in [2.24, 2.45) is 0 Å². The fraction of sp³-hybridized carbons (Fsp3) is 0.400. The van der Waals surface area contributed by atoms with Crippen LogP contribution in [0.15, 0.2) is 24.3 Å². The lowest BCUT2D eigenvalue weighted by Crippen LogP contribution is -2.61. The van der Waals surface area contributed by atoms with Gasteiger partial charge in [0.25, 0.3) is 0 Å². The largest absolute Gasteiger partial charge is 0.504 e. The fourth-order valence-corrected chi connectivity index (χ4v) is 3.81. The number of aromatic hydroxyl groups is 1. The van der Waals surface area contributed by atoms with Gasteiger partial charge in [0, 0.05) is 5.56 Å². The normalized spacial score (nSPS) is 38.0. The molecule has 1 heterocycles. The van der Waals surface area contributed by atoms with Crippen molar-refractivity contribution in [3.05, 3.63) is 35.4 Å². The first-order chi connectivity index (χ1) is 8.97. The molecule has 0 bridgehead atoms. The average Bonchev–Trinajstić information content (AvgIpc) is 2.71. The van der Waals surface area contributed by atoms with Crippen LogP contribution in [0.3, 0.4) is 0 Å². The van der Waals surface area contributed by atoms with Gasteiger partial charge in [-0.2, -0.15) is 0 Å². The first-order valence-electron chi connectivity index (χ1n) is 6.45. The molecular weight excluding hydrogens is 244 g/mol. The van der Waals surface area contributed by atoms with Crippen LogP contribution in [-0.2, 0) is 16.6 Å². The Hall–Kier alpha value is -1.81. The van der Waals surface area contributed by atoms with Crippen molar-refractivity contribution in [1.82, 2.24) is 0 Å². The standard InChI is InChI=1S/C15H14O4/c1-14-11-8-2-3-9(16)12(11)19-13(14)10(17)5-7-15(14,18)6-4-8/h2-3,5,7,13,16,18H,4,6H2,1H3/t13-,14-,15-/m0/s1. The third-order valence-corrected chi connectivity index (χ3v) is 4.96. The second kappa shape index (κ2) is 3.02. The summed E-state index contributed by atoms with van der Waals surface area (Å²) in [5.74, 6) is 0.238. The van der Waals surface area contributed by atoms with E-state index in [1.807, 2.05) is 13.0 Å². The lowest BCUT2D eigenvalue weighted by molar-refractivity contribution is -0.131. The molecule has 3 aliphatic rings. The van der Waals surface area contributed by atoms with Crippen LogP contribution in [0.1, 0.15) is 24.5 Å². The Balaban J connectivity index is 2.10. The van der Waals surface area contributed by atoms with Gasteiger partial charge in [0.05, 0.1) is 11.0 Å². The lowest BCUT2D eigenvalue weighted by Gasteiger charge is -2.48. The number of carbonyl (C=O) groups is 1. The minimum atomic E-state index is -1.09. The van der Waals surface area contributed by atoms with E-state index in [2.05, 4.69) is 0 Å². The molecule has 0 fully saturated rings. The summed E-state index contributed by atoms with van der Waals surface area (Å²) in [6, 6.07) is 3.45. The SMILES string of the molecule is C[C@]12c3c4ccc(O)c3O[C@H]1C(=O)C=C[C@@]2(O)CC4. The molecule has 2 aliphatic carbocycles. The van der Waals surface area contributed by atoms with E-state index in [1.54, 1.807) is 12.1 Å². The van der Waals surface area contributed by atoms with E-state index in [9.17, 15) is 15.0 Å². The van der Waals surface area contributed by atoms with E-state index < -0.39 is 17.1 Å². The molecule has 0 saturated heterocycles. The van der Waals surface area contributed by atoms with Gasteiger partial charge in [0.2, 0.25) is 0 Å². The Morgan fingerprint density at radius 3 is 3.00 bits per heavy atom. The molecule has 3 atom stereocenters. The smallest absolute Gasteiger partial charge is 0.196 e. The molecule has 4 nitrogen and oxygen atoms in total. The van der Waals surface area contributed by atoms with Crippen LogP contribution in [0.2, 0.25) is 0 Å². The monoisotopic (exact) mass is 258 g/mol. The molecular formula is C15H14O4. The van der Waals surface area contributed by atoms with Gasteiger partial charge in [-0.15, -0.1) is 0 Å². The summed E-state index contributed by atoms with van der Waals surface area (Å²) in [6.45, 7) is 1.85. The van der Waals surface area contributed by atoms with Gasteiger partial charge in [-0.1, -0.05) is 6.07 Å². The van der Waals surface area contributed by atoms with Gasteiger partial charge < -0.3 is 14.9 Å². The summed E-state index contributed by atoms with van der Waals surface area (Å²) < 4.78 is 5.70. The molecule has 98 valence electrons. The van der Waals surface area contributed by atoms with Crippen molar-refractivity contribution in [3.63, 3.8) is 0 Å². The maximum absolute atomic E-state index is 12.1. The Morgan fingerprint density at radius 2 is 2.21 bits per heavy atom. The van der Waals surface area contributed by atoms with E-state index in [4.69, 9.17) is 4.74 Å². The maximum Gasteiger partial charge on any atom is 0.196 e. The zero-order chi connectivity index (χ0) is 13.4. The van der Waals surface area contributed by atoms with Crippen LogP contribution in [-0.4, -0.2) is 27.7 Å². The zero-order valence-electron chi connectivity index (χ0n) is 10.5. The Bertz CT molecular complexity index is 648. The van der Waals surface area contributed by atoms with Crippen molar-refractivity contribution in [3.8, 4) is 11.5 Å². The number of carbonyl (C=O) groups excluding carboxylic acids is 1. The highest BCUT2D eigenvalue weighted by Gasteiger charge is 2.64. The van der Waals surface area contributed by atoms with Crippen molar-refractivity contribution in [2.75, 3.05) is 0 Å². The van der Waals surface area contributed by atoms with Crippen molar-refractivity contribution < 1.29 is 19.7 Å². The summed E-state index contributed by atoms with van der Waals surface area (Å²) in [5.41, 5.74) is -0.0486. The summed E-state index contributed by atoms with van der Waals surface area (Å²) in [5, 5.41) is 20.9. The van der Waals surface area contributed by atoms with Crippen LogP contribution in [0, 0.1) is 0 Å². The Morgan fingerprint density at radius 1 is 1.42 bits per heavy atom. The number of hydrogen-bond donors (Lipinski definition) is 2. The second-order valence-electron chi connectivity index (χ2n) is 5.81. The number of aryl methyl sites for hydroxylation is 1. The van der Waals surface area contributed by atoms with Gasteiger partial charge in [0.1, 0.15) is 0 Å². The van der Waals surface area contributed by atoms with E-state index in [0.717, 1.165) is 11.1 Å². The average molecular weight is 258 g/mol. The molecule has 1 aromatic rings. The first-order valence-corrected chi connectivity index (χ1v) is 6.45. The van der Waals surface area contributed by atoms with Crippen molar-refractivity contribution >= 4 is 5.78 Å². The number of benzene rings is 1. The van der Waals surface area contributed by atoms with Crippen LogP contribution >= 0.6 is 0 Å². The maximum atomic E-state index is 12.1. The number of phenols is 1. The molecule has 0 spiro atoms. The minimum Gasteiger partial charge on any atom is -0.504 e. The third kappa shape index (κ3) is 1.03. The number of ether oxygens (including phenoxy) is 1. The molecule has 4 heteroatoms. The Kier molecular flexibility index (Phi) is 1.75. The number of aliphatic hydroxyl groups is 1. The molecule has 0 aromatic heterocycles. The van der Waals surface area contributed by atoms with E-state index in [-0.39, 0.29) is 11.5 Å². The quantitative estimate of drug-likeness (QED) is 0.734. The number of ketones is 1. The molecule has 0 amide bonds. The summed E-state index contributed by atoms with van der Waals surface area (Å²) in [7, 11) is 0. The van der Waals surface area contributed by atoms with E-state index >= 15 is 0 Å². The van der Waals surface area contributed by atoms with Gasteiger partial charge in [-0.25, -0.2) is 0 Å². The highest BCUT2D eigenvalue weighted by Crippen LogP contribution is 2.59. The van der Waals surface area contributed by atoms with Gasteiger partial charge in [-0.05, 0) is 43.5 Å². The lowest BCUT2D eigenvalue weighted by atomic mass is 9.57. The number of rotatable bonds is 0. The molecule has 4 rings (SSSR count). The van der Waals surface area contributed by atoms with Crippen LogP contribution in [0.5, 0.6) is 11.5 Å². The first kappa shape index (κ1) is 11.1. The van der Waals surface area contributed by atoms with Crippen LogP contribution in [0.25, 0.3) is 0 Å². The molecule has 0 saturated carbocycles. The molecule has 1 aliphatic heterocycles. The van der Waals surface area contributed by atoms with Gasteiger partial charge in [0.15, 0.2) is 23.4 Å². The predicted octanol–water partition coefficient (Wildman–Crippen LogP) is 1.23. The third-order valence-electron chi connectivity index (χ3n) is 4.96. The van der Waals surface area contributed by atoms with Crippen LogP contribution < -0.4 is 4.74 Å². The molecule has 19 heavy (non-hydrogen) atoms. The summed E-state index contributed by atoms with van der Waals surface area (Å²) in [6.07, 6.45) is 3.52. The summed E-state index contributed by atoms with van der Waals surface area (Å²) in [4.78, 5) is 12.1. The predicted molar refractivity (Wildman–Crippen MR) is 67.3 cm³/mol. The fourth-order valence-electron chi connectivity index (χ4n) is 3.81. The molecule has 0 unspecified atom stereocenters. The highest BCUT2D eigenvalue weighted by atomic mass is 16.5. The van der Waals surface area contributed by atoms with Crippen LogP contribution in [0.4, 0.5) is 0 Å². The summed E-state index contributed by atoms with van der Waals surface area (Å²) >= 11 is 0. The minimum absolute atomic E-state index is 0.0337. The topological polar surface area (TPSA) is 66.8 Å². The second-order valence-corrected chi connectivity index (χ2v) is 5.81. The molecule has 1 aromatic carbocycles. The van der Waals surface area contributed by atoms with E-state index in [1.165, 1.54) is 6.08 Å². The molecule has 0 radical (unpaired) electrons. The number of hydrogen-bond acceptors (Lipinski definition) is 4. The van der Waals surface area contributed by atoms with Gasteiger partial charge >= 0.3 is 0 Å². The Labute approximate surface area is 110 Å². The van der Waals surface area contributed by atoms with Crippen molar-refractivity contribution in [1.29, 1.82) is 0 Å². The van der Waals surface area contributed by atoms with E-state index in [0.29, 0.717) is 18.6 Å². The molecule has 2 N–H and O–H groups in total. The highest BCUT2D eigenvalue weighted by molar-refractivity contribution is 5.98. The number of phenolic OH excluding ortho intramolecular Hbond substituents is 1. The zero-order valence-corrected chi connectivity index (χ0v) is 10.5. The van der Waals surface area contributed by atoms with Gasteiger partial charge in [-0.3, -0.25) is 4.79 Å².